The standard InChI is InChI=1S/C18H23BF3NO3S/c1-12(24)23-11-14(19-25-16(2,3)17(4,5)26-19)10-13-6-8-15(9-7-13)27-18(20,21)22/h6-10H,11H2,1-5H3,(H,23,24). The van der Waals surface area contributed by atoms with E-state index in [0.29, 0.717) is 11.0 Å². The first-order valence-corrected chi connectivity index (χ1v) is 9.27. The molecule has 4 nitrogen and oxygen atoms in total. The minimum atomic E-state index is -4.32. The highest BCUT2D eigenvalue weighted by atomic mass is 32.2. The van der Waals surface area contributed by atoms with Crippen LogP contribution in [0.15, 0.2) is 34.6 Å². The number of rotatable bonds is 5. The largest absolute Gasteiger partial charge is 0.492 e. The molecule has 0 saturated carbocycles. The van der Waals surface area contributed by atoms with Crippen LogP contribution >= 0.6 is 11.8 Å². The summed E-state index contributed by atoms with van der Waals surface area (Å²) in [7, 11) is -0.661. The lowest BCUT2D eigenvalue weighted by molar-refractivity contribution is -0.118. The van der Waals surface area contributed by atoms with Gasteiger partial charge in [-0.2, -0.15) is 13.2 Å². The fourth-order valence-corrected chi connectivity index (χ4v) is 2.94. The quantitative estimate of drug-likeness (QED) is 0.585. The zero-order valence-electron chi connectivity index (χ0n) is 15.9. The Morgan fingerprint density at radius 1 is 1.15 bits per heavy atom. The van der Waals surface area contributed by atoms with E-state index in [1.54, 1.807) is 18.2 Å². The van der Waals surface area contributed by atoms with Crippen LogP contribution in [0.1, 0.15) is 40.2 Å². The summed E-state index contributed by atoms with van der Waals surface area (Å²) >= 11 is -0.160. The number of hydrogen-bond acceptors (Lipinski definition) is 4. The Hall–Kier alpha value is -1.45. The van der Waals surface area contributed by atoms with Crippen LogP contribution in [-0.4, -0.2) is 36.3 Å². The average Bonchev–Trinajstić information content (AvgIpc) is 2.71. The summed E-state index contributed by atoms with van der Waals surface area (Å²) in [5.41, 5.74) is -4.03. The van der Waals surface area contributed by atoms with Crippen LogP contribution in [0.2, 0.25) is 0 Å². The summed E-state index contributed by atoms with van der Waals surface area (Å²) in [6.07, 6.45) is 1.76. The van der Waals surface area contributed by atoms with Crippen molar-refractivity contribution in [1.82, 2.24) is 5.32 Å². The Bertz CT molecular complexity index is 702. The second-order valence-electron chi connectivity index (χ2n) is 7.33. The van der Waals surface area contributed by atoms with Crippen molar-refractivity contribution in [2.45, 2.75) is 56.2 Å². The second-order valence-corrected chi connectivity index (χ2v) is 8.47. The number of halogens is 3. The molecule has 0 atom stereocenters. The number of carbonyl (C=O) groups is 1. The van der Waals surface area contributed by atoms with Crippen LogP contribution in [0.4, 0.5) is 13.2 Å². The van der Waals surface area contributed by atoms with Gasteiger partial charge >= 0.3 is 12.6 Å². The molecule has 1 aliphatic heterocycles. The molecular weight excluding hydrogens is 378 g/mol. The summed E-state index contributed by atoms with van der Waals surface area (Å²) in [5.74, 6) is -0.200. The molecule has 1 saturated heterocycles. The van der Waals surface area contributed by atoms with Gasteiger partial charge in [-0.25, -0.2) is 0 Å². The van der Waals surface area contributed by atoms with Crippen LogP contribution in [0.5, 0.6) is 0 Å². The molecule has 1 heterocycles. The number of nitrogens with one attached hydrogen (secondary N) is 1. The zero-order valence-corrected chi connectivity index (χ0v) is 16.8. The molecule has 0 aromatic heterocycles. The van der Waals surface area contributed by atoms with Gasteiger partial charge in [0.25, 0.3) is 0 Å². The number of amides is 1. The number of thioether (sulfide) groups is 1. The predicted molar refractivity (Wildman–Crippen MR) is 101 cm³/mol. The molecule has 1 aliphatic rings. The van der Waals surface area contributed by atoms with Crippen molar-refractivity contribution in [2.24, 2.45) is 0 Å². The van der Waals surface area contributed by atoms with Crippen molar-refractivity contribution in [1.29, 1.82) is 0 Å². The van der Waals surface area contributed by atoms with Crippen molar-refractivity contribution in [3.05, 3.63) is 35.3 Å². The molecule has 27 heavy (non-hydrogen) atoms. The number of alkyl halides is 3. The fraction of sp³-hybridized carbons (Fsp3) is 0.500. The lowest BCUT2D eigenvalue weighted by atomic mass is 9.77. The molecule has 148 valence electrons. The molecule has 0 unspecified atom stereocenters. The molecular formula is C18H23BF3NO3S. The second kappa shape index (κ2) is 7.89. The topological polar surface area (TPSA) is 47.6 Å². The molecule has 1 amide bonds. The Labute approximate surface area is 162 Å². The molecule has 0 radical (unpaired) electrons. The van der Waals surface area contributed by atoms with E-state index in [1.165, 1.54) is 19.1 Å². The minimum absolute atomic E-state index is 0.110. The van der Waals surface area contributed by atoms with E-state index in [1.807, 2.05) is 27.7 Å². The van der Waals surface area contributed by atoms with Gasteiger partial charge in [0.15, 0.2) is 0 Å². The highest BCUT2D eigenvalue weighted by Crippen LogP contribution is 2.39. The molecule has 0 spiro atoms. The lowest BCUT2D eigenvalue weighted by Gasteiger charge is -2.32. The zero-order chi connectivity index (χ0) is 20.5. The van der Waals surface area contributed by atoms with E-state index in [9.17, 15) is 18.0 Å². The number of carbonyl (C=O) groups excluding carboxylic acids is 1. The third kappa shape index (κ3) is 6.02. The van der Waals surface area contributed by atoms with Crippen LogP contribution in [0.25, 0.3) is 6.08 Å². The lowest BCUT2D eigenvalue weighted by Crippen LogP contribution is -2.41. The van der Waals surface area contributed by atoms with E-state index in [2.05, 4.69) is 5.32 Å². The van der Waals surface area contributed by atoms with E-state index in [-0.39, 0.29) is 29.1 Å². The van der Waals surface area contributed by atoms with Gasteiger partial charge in [0.05, 0.1) is 11.2 Å². The van der Waals surface area contributed by atoms with Crippen LogP contribution in [-0.2, 0) is 14.1 Å². The predicted octanol–water partition coefficient (Wildman–Crippen LogP) is 4.45. The number of hydrogen-bond donors (Lipinski definition) is 1. The minimum Gasteiger partial charge on any atom is -0.400 e. The van der Waals surface area contributed by atoms with Gasteiger partial charge in [0, 0.05) is 18.4 Å². The van der Waals surface area contributed by atoms with E-state index in [0.717, 1.165) is 0 Å². The van der Waals surface area contributed by atoms with Crippen molar-refractivity contribution in [3.63, 3.8) is 0 Å². The maximum Gasteiger partial charge on any atom is 0.492 e. The molecule has 1 aromatic carbocycles. The molecule has 1 N–H and O–H groups in total. The third-order valence-corrected chi connectivity index (χ3v) is 5.30. The van der Waals surface area contributed by atoms with E-state index >= 15 is 0 Å². The van der Waals surface area contributed by atoms with Gasteiger partial charge in [0.1, 0.15) is 0 Å². The SMILES string of the molecule is CC(=O)NCC(=Cc1ccc(SC(F)(F)F)cc1)B1OC(C)(C)C(C)(C)O1. The Kier molecular flexibility index (Phi) is 6.38. The maximum absolute atomic E-state index is 12.5. The van der Waals surface area contributed by atoms with Crippen molar-refractivity contribution in [3.8, 4) is 0 Å². The van der Waals surface area contributed by atoms with Crippen molar-refractivity contribution >= 4 is 30.9 Å². The fourth-order valence-electron chi connectivity index (χ4n) is 2.40. The summed E-state index contributed by atoms with van der Waals surface area (Å²) < 4.78 is 49.4. The highest BCUT2D eigenvalue weighted by Gasteiger charge is 2.52. The first kappa shape index (κ1) is 21.9. The third-order valence-electron chi connectivity index (χ3n) is 4.56. The first-order chi connectivity index (χ1) is 12.3. The van der Waals surface area contributed by atoms with Crippen LogP contribution in [0.3, 0.4) is 0 Å². The van der Waals surface area contributed by atoms with Gasteiger partial charge in [0.2, 0.25) is 5.91 Å². The molecule has 1 fully saturated rings. The molecule has 0 bridgehead atoms. The van der Waals surface area contributed by atoms with Gasteiger partial charge in [-0.3, -0.25) is 4.79 Å². The summed E-state index contributed by atoms with van der Waals surface area (Å²) in [5, 5.41) is 2.72. The molecule has 2 rings (SSSR count). The highest BCUT2D eigenvalue weighted by molar-refractivity contribution is 8.00. The first-order valence-electron chi connectivity index (χ1n) is 8.45. The average molecular weight is 401 g/mol. The van der Waals surface area contributed by atoms with Crippen molar-refractivity contribution in [2.75, 3.05) is 6.54 Å². The van der Waals surface area contributed by atoms with Crippen LogP contribution in [0, 0.1) is 0 Å². The van der Waals surface area contributed by atoms with Gasteiger partial charge in [-0.1, -0.05) is 18.2 Å². The summed E-state index contributed by atoms with van der Waals surface area (Å²) in [6.45, 7) is 9.31. The van der Waals surface area contributed by atoms with Gasteiger partial charge < -0.3 is 14.6 Å². The Balaban J connectivity index is 2.25. The van der Waals surface area contributed by atoms with E-state index in [4.69, 9.17) is 9.31 Å². The molecule has 1 aromatic rings. The van der Waals surface area contributed by atoms with Gasteiger partial charge in [-0.05, 0) is 62.6 Å². The Morgan fingerprint density at radius 3 is 2.11 bits per heavy atom. The summed E-state index contributed by atoms with van der Waals surface area (Å²) in [4.78, 5) is 11.4. The van der Waals surface area contributed by atoms with Gasteiger partial charge in [-0.15, -0.1) is 0 Å². The monoisotopic (exact) mass is 401 g/mol. The van der Waals surface area contributed by atoms with E-state index < -0.39 is 23.8 Å². The number of benzene rings is 1. The normalized spacial score (nSPS) is 19.3. The maximum atomic E-state index is 12.5. The summed E-state index contributed by atoms with van der Waals surface area (Å²) in [6, 6.07) is 5.99. The van der Waals surface area contributed by atoms with Crippen molar-refractivity contribution < 1.29 is 27.3 Å². The molecule has 9 heteroatoms. The molecule has 0 aliphatic carbocycles. The Morgan fingerprint density at radius 2 is 1.67 bits per heavy atom. The smallest absolute Gasteiger partial charge is 0.400 e. The van der Waals surface area contributed by atoms with Crippen LogP contribution < -0.4 is 5.32 Å².